The van der Waals surface area contributed by atoms with Gasteiger partial charge in [-0.3, -0.25) is 4.68 Å². The number of ether oxygens (including phenoxy) is 1. The Balaban J connectivity index is 2.43. The molecule has 2 rings (SSSR count). The quantitative estimate of drug-likeness (QED) is 0.877. The Kier molecular flexibility index (Phi) is 3.06. The summed E-state index contributed by atoms with van der Waals surface area (Å²) in [5, 5.41) is 13.5. The molecule has 17 heavy (non-hydrogen) atoms. The van der Waals surface area contributed by atoms with E-state index in [0.29, 0.717) is 24.1 Å². The lowest BCUT2D eigenvalue weighted by atomic mass is 10.1. The first-order valence-corrected chi connectivity index (χ1v) is 5.01. The lowest BCUT2D eigenvalue weighted by Gasteiger charge is -1.97. The Labute approximate surface area is 96.4 Å². The van der Waals surface area contributed by atoms with Crippen molar-refractivity contribution in [3.05, 3.63) is 29.7 Å². The van der Waals surface area contributed by atoms with Gasteiger partial charge in [-0.15, -0.1) is 0 Å². The van der Waals surface area contributed by atoms with Crippen molar-refractivity contribution in [2.75, 3.05) is 13.7 Å². The zero-order valence-corrected chi connectivity index (χ0v) is 9.18. The molecule has 2 aromatic rings. The summed E-state index contributed by atoms with van der Waals surface area (Å²) in [4.78, 5) is 10.7. The maximum atomic E-state index is 13.4. The first kappa shape index (κ1) is 11.5. The Bertz CT molecular complexity index is 565. The van der Waals surface area contributed by atoms with Gasteiger partial charge in [-0.2, -0.15) is 5.10 Å². The number of fused-ring (bicyclic) bond motifs is 1. The second-order valence-electron chi connectivity index (χ2n) is 3.58. The van der Waals surface area contributed by atoms with Gasteiger partial charge in [0.1, 0.15) is 5.82 Å². The van der Waals surface area contributed by atoms with E-state index in [2.05, 4.69) is 5.10 Å². The average Bonchev–Trinajstić information content (AvgIpc) is 2.66. The van der Waals surface area contributed by atoms with E-state index < -0.39 is 11.8 Å². The van der Waals surface area contributed by atoms with Crippen LogP contribution in [0.1, 0.15) is 10.4 Å². The number of halogens is 1. The molecule has 1 aromatic carbocycles. The van der Waals surface area contributed by atoms with Crippen molar-refractivity contribution in [1.82, 2.24) is 9.78 Å². The molecule has 5 nitrogen and oxygen atoms in total. The van der Waals surface area contributed by atoms with Crippen LogP contribution in [0.4, 0.5) is 4.39 Å². The predicted octanol–water partition coefficient (Wildman–Crippen LogP) is 1.52. The molecule has 0 aliphatic carbocycles. The van der Waals surface area contributed by atoms with E-state index in [9.17, 15) is 9.18 Å². The fourth-order valence-electron chi connectivity index (χ4n) is 1.56. The van der Waals surface area contributed by atoms with Crippen LogP contribution in [0, 0.1) is 5.82 Å². The summed E-state index contributed by atoms with van der Waals surface area (Å²) in [7, 11) is 1.57. The molecule has 0 atom stereocenters. The predicted molar refractivity (Wildman–Crippen MR) is 58.5 cm³/mol. The second kappa shape index (κ2) is 4.50. The van der Waals surface area contributed by atoms with Crippen molar-refractivity contribution in [2.24, 2.45) is 0 Å². The number of carboxylic acids is 1. The standard InChI is InChI=1S/C11H11FN2O3/c1-17-3-2-14-6-7-4-9(12)8(11(15)16)5-10(7)13-14/h4-6H,2-3H2,1H3,(H,15,16). The topological polar surface area (TPSA) is 64.3 Å². The second-order valence-corrected chi connectivity index (χ2v) is 3.58. The van der Waals surface area contributed by atoms with Crippen LogP contribution in [0.2, 0.25) is 0 Å². The highest BCUT2D eigenvalue weighted by Crippen LogP contribution is 2.18. The van der Waals surface area contributed by atoms with Crippen molar-refractivity contribution in [1.29, 1.82) is 0 Å². The number of carboxylic acid groups (broad SMARTS) is 1. The highest BCUT2D eigenvalue weighted by molar-refractivity contribution is 5.93. The third-order valence-electron chi connectivity index (χ3n) is 2.40. The number of hydrogen-bond acceptors (Lipinski definition) is 3. The molecule has 1 aromatic heterocycles. The van der Waals surface area contributed by atoms with Crippen molar-refractivity contribution in [3.63, 3.8) is 0 Å². The van der Waals surface area contributed by atoms with Crippen LogP contribution in [-0.4, -0.2) is 34.6 Å². The molecule has 6 heteroatoms. The lowest BCUT2D eigenvalue weighted by molar-refractivity contribution is 0.0692. The van der Waals surface area contributed by atoms with Gasteiger partial charge in [-0.05, 0) is 12.1 Å². The fourth-order valence-corrected chi connectivity index (χ4v) is 1.56. The molecule has 0 unspecified atom stereocenters. The highest BCUT2D eigenvalue weighted by Gasteiger charge is 2.13. The fraction of sp³-hybridized carbons (Fsp3) is 0.273. The Morgan fingerprint density at radius 2 is 2.35 bits per heavy atom. The molecule has 0 saturated heterocycles. The van der Waals surface area contributed by atoms with Gasteiger partial charge in [0.15, 0.2) is 0 Å². The van der Waals surface area contributed by atoms with E-state index in [1.54, 1.807) is 18.0 Å². The molecule has 0 radical (unpaired) electrons. The number of aromatic nitrogens is 2. The van der Waals surface area contributed by atoms with Crippen LogP contribution in [-0.2, 0) is 11.3 Å². The number of methoxy groups -OCH3 is 1. The largest absolute Gasteiger partial charge is 0.478 e. The normalized spacial score (nSPS) is 10.9. The van der Waals surface area contributed by atoms with Gasteiger partial charge >= 0.3 is 5.97 Å². The van der Waals surface area contributed by atoms with E-state index in [0.717, 1.165) is 0 Å². The number of nitrogens with zero attached hydrogens (tertiary/aromatic N) is 2. The van der Waals surface area contributed by atoms with Crippen LogP contribution in [0.25, 0.3) is 10.9 Å². The van der Waals surface area contributed by atoms with Gasteiger partial charge in [-0.25, -0.2) is 9.18 Å². The van der Waals surface area contributed by atoms with E-state index >= 15 is 0 Å². The number of benzene rings is 1. The highest BCUT2D eigenvalue weighted by atomic mass is 19.1. The third kappa shape index (κ3) is 2.26. The summed E-state index contributed by atoms with van der Waals surface area (Å²) in [6, 6.07) is 2.41. The SMILES string of the molecule is COCCn1cc2cc(F)c(C(=O)O)cc2n1. The molecule has 0 fully saturated rings. The number of carbonyl (C=O) groups is 1. The molecule has 0 saturated carbocycles. The summed E-state index contributed by atoms with van der Waals surface area (Å²) in [6.45, 7) is 1.03. The monoisotopic (exact) mass is 238 g/mol. The molecule has 1 N–H and O–H groups in total. The van der Waals surface area contributed by atoms with E-state index in [1.807, 2.05) is 0 Å². The average molecular weight is 238 g/mol. The summed E-state index contributed by atoms with van der Waals surface area (Å²) in [5.74, 6) is -2.05. The number of hydrogen-bond donors (Lipinski definition) is 1. The van der Waals surface area contributed by atoms with E-state index in [1.165, 1.54) is 12.1 Å². The molecule has 0 amide bonds. The molecular formula is C11H11FN2O3. The summed E-state index contributed by atoms with van der Waals surface area (Å²) < 4.78 is 19.9. The van der Waals surface area contributed by atoms with Gasteiger partial charge in [0, 0.05) is 18.7 Å². The van der Waals surface area contributed by atoms with Crippen LogP contribution in [0.15, 0.2) is 18.3 Å². The molecule has 0 aliphatic heterocycles. The van der Waals surface area contributed by atoms with Crippen LogP contribution < -0.4 is 0 Å². The minimum atomic E-state index is -1.30. The van der Waals surface area contributed by atoms with Crippen molar-refractivity contribution < 1.29 is 19.0 Å². The maximum absolute atomic E-state index is 13.4. The zero-order valence-electron chi connectivity index (χ0n) is 9.18. The molecular weight excluding hydrogens is 227 g/mol. The van der Waals surface area contributed by atoms with E-state index in [4.69, 9.17) is 9.84 Å². The lowest BCUT2D eigenvalue weighted by Crippen LogP contribution is -2.04. The summed E-state index contributed by atoms with van der Waals surface area (Å²) in [6.07, 6.45) is 1.66. The molecule has 0 bridgehead atoms. The molecule has 0 aliphatic rings. The first-order valence-electron chi connectivity index (χ1n) is 5.01. The molecule has 1 heterocycles. The van der Waals surface area contributed by atoms with Crippen molar-refractivity contribution >= 4 is 16.9 Å². The summed E-state index contributed by atoms with van der Waals surface area (Å²) in [5.41, 5.74) is 0.0920. The minimum Gasteiger partial charge on any atom is -0.478 e. The van der Waals surface area contributed by atoms with Crippen molar-refractivity contribution in [3.8, 4) is 0 Å². The van der Waals surface area contributed by atoms with Gasteiger partial charge in [0.2, 0.25) is 0 Å². The zero-order chi connectivity index (χ0) is 12.4. The van der Waals surface area contributed by atoms with Crippen LogP contribution in [0.5, 0.6) is 0 Å². The van der Waals surface area contributed by atoms with Gasteiger partial charge in [0.05, 0.1) is 24.2 Å². The maximum Gasteiger partial charge on any atom is 0.338 e. The summed E-state index contributed by atoms with van der Waals surface area (Å²) >= 11 is 0. The van der Waals surface area contributed by atoms with Gasteiger partial charge in [-0.1, -0.05) is 0 Å². The first-order chi connectivity index (χ1) is 8.11. The number of aromatic carboxylic acids is 1. The number of rotatable bonds is 4. The minimum absolute atomic E-state index is 0.366. The third-order valence-corrected chi connectivity index (χ3v) is 2.40. The Hall–Kier alpha value is -1.95. The smallest absolute Gasteiger partial charge is 0.338 e. The van der Waals surface area contributed by atoms with Crippen LogP contribution in [0.3, 0.4) is 0 Å². The van der Waals surface area contributed by atoms with Gasteiger partial charge in [0.25, 0.3) is 0 Å². The molecule has 90 valence electrons. The molecule has 0 spiro atoms. The Morgan fingerprint density at radius 1 is 1.59 bits per heavy atom. The Morgan fingerprint density at radius 3 is 3.00 bits per heavy atom. The van der Waals surface area contributed by atoms with E-state index in [-0.39, 0.29) is 5.56 Å². The van der Waals surface area contributed by atoms with Crippen molar-refractivity contribution in [2.45, 2.75) is 6.54 Å². The van der Waals surface area contributed by atoms with Gasteiger partial charge < -0.3 is 9.84 Å². The van der Waals surface area contributed by atoms with Crippen LogP contribution >= 0.6 is 0 Å².